The first-order chi connectivity index (χ1) is 12.0. The second-order valence-electron chi connectivity index (χ2n) is 7.25. The number of ether oxygens (including phenoxy) is 1. The summed E-state index contributed by atoms with van der Waals surface area (Å²) in [6.45, 7) is 5.51. The summed E-state index contributed by atoms with van der Waals surface area (Å²) in [5, 5.41) is 6.21. The summed E-state index contributed by atoms with van der Waals surface area (Å²) in [4.78, 5) is 8.69. The van der Waals surface area contributed by atoms with Crippen molar-refractivity contribution in [3.05, 3.63) is 12.3 Å². The van der Waals surface area contributed by atoms with E-state index in [0.29, 0.717) is 30.6 Å². The van der Waals surface area contributed by atoms with Crippen LogP contribution in [0.3, 0.4) is 0 Å². The number of nitrogens with one attached hydrogen (secondary N) is 2. The summed E-state index contributed by atoms with van der Waals surface area (Å²) >= 11 is 0. The molecule has 0 unspecified atom stereocenters. The van der Waals surface area contributed by atoms with E-state index >= 15 is 0 Å². The predicted molar refractivity (Wildman–Crippen MR) is 98.6 cm³/mol. The van der Waals surface area contributed by atoms with Gasteiger partial charge in [-0.15, -0.1) is 0 Å². The summed E-state index contributed by atoms with van der Waals surface area (Å²) in [5.41, 5.74) is 0. The minimum absolute atomic E-state index is 0.170. The second-order valence-corrected chi connectivity index (χ2v) is 9.65. The Morgan fingerprint density at radius 2 is 2.16 bits per heavy atom. The van der Waals surface area contributed by atoms with Gasteiger partial charge in [0.05, 0.1) is 23.1 Å². The molecule has 0 bridgehead atoms. The largest absolute Gasteiger partial charge is 0.376 e. The van der Waals surface area contributed by atoms with E-state index in [-0.39, 0.29) is 17.4 Å². The molecular weight excluding hydrogens is 340 g/mol. The normalized spacial score (nSPS) is 28.8. The van der Waals surface area contributed by atoms with Crippen molar-refractivity contribution in [1.82, 2.24) is 9.97 Å². The Balaban J connectivity index is 1.61. The molecule has 2 aliphatic rings. The minimum atomic E-state index is -2.96. The van der Waals surface area contributed by atoms with Crippen molar-refractivity contribution in [1.29, 1.82) is 0 Å². The molecule has 2 aliphatic heterocycles. The van der Waals surface area contributed by atoms with Crippen molar-refractivity contribution in [3.8, 4) is 0 Å². The highest BCUT2D eigenvalue weighted by atomic mass is 32.2. The fourth-order valence-corrected chi connectivity index (χ4v) is 5.39. The molecule has 8 heteroatoms. The Labute approximate surface area is 149 Å². The smallest absolute Gasteiger partial charge is 0.224 e. The van der Waals surface area contributed by atoms with Crippen molar-refractivity contribution >= 4 is 21.6 Å². The zero-order chi connectivity index (χ0) is 17.9. The number of hydrogen-bond donors (Lipinski definition) is 2. The highest BCUT2D eigenvalue weighted by molar-refractivity contribution is 7.92. The second kappa shape index (κ2) is 7.86. The molecule has 0 radical (unpaired) electrons. The van der Waals surface area contributed by atoms with Crippen molar-refractivity contribution in [3.63, 3.8) is 0 Å². The van der Waals surface area contributed by atoms with Gasteiger partial charge in [-0.05, 0) is 37.7 Å². The zero-order valence-corrected chi connectivity index (χ0v) is 15.8. The molecule has 0 amide bonds. The van der Waals surface area contributed by atoms with Gasteiger partial charge in [0.2, 0.25) is 5.95 Å². The quantitative estimate of drug-likeness (QED) is 0.794. The average molecular weight is 369 g/mol. The Bertz CT molecular complexity index is 680. The van der Waals surface area contributed by atoms with Crippen LogP contribution in [0.15, 0.2) is 12.3 Å². The molecule has 140 valence electrons. The van der Waals surface area contributed by atoms with Gasteiger partial charge < -0.3 is 15.4 Å². The van der Waals surface area contributed by atoms with Crippen molar-refractivity contribution in [2.24, 2.45) is 5.92 Å². The molecule has 0 aromatic carbocycles. The number of hydrogen-bond acceptors (Lipinski definition) is 7. The molecule has 2 N–H and O–H groups in total. The lowest BCUT2D eigenvalue weighted by atomic mass is 9.94. The summed E-state index contributed by atoms with van der Waals surface area (Å²) in [7, 11) is -2.96. The third kappa shape index (κ3) is 4.61. The molecule has 2 fully saturated rings. The van der Waals surface area contributed by atoms with Gasteiger partial charge in [0, 0.05) is 19.3 Å². The van der Waals surface area contributed by atoms with Crippen molar-refractivity contribution < 1.29 is 13.2 Å². The average Bonchev–Trinajstić information content (AvgIpc) is 2.92. The van der Waals surface area contributed by atoms with Crippen LogP contribution in [-0.2, 0) is 14.6 Å². The van der Waals surface area contributed by atoms with Crippen LogP contribution in [-0.4, -0.2) is 54.7 Å². The van der Waals surface area contributed by atoms with Gasteiger partial charge in [-0.25, -0.2) is 13.4 Å². The lowest BCUT2D eigenvalue weighted by Crippen LogP contribution is -2.43. The Morgan fingerprint density at radius 1 is 1.32 bits per heavy atom. The van der Waals surface area contributed by atoms with Crippen LogP contribution < -0.4 is 10.6 Å². The SMILES string of the molecule is CC(C)[C@@H]1OCCC[C@H]1Nc1ccnc(NC[C@@H]2CCCS2(=O)=O)n1. The van der Waals surface area contributed by atoms with Crippen LogP contribution in [0, 0.1) is 5.92 Å². The molecule has 7 nitrogen and oxygen atoms in total. The van der Waals surface area contributed by atoms with Gasteiger partial charge in [0.15, 0.2) is 9.84 Å². The third-order valence-corrected chi connectivity index (χ3v) is 7.24. The lowest BCUT2D eigenvalue weighted by molar-refractivity contribution is -0.0203. The van der Waals surface area contributed by atoms with E-state index in [9.17, 15) is 8.42 Å². The maximum Gasteiger partial charge on any atom is 0.224 e. The monoisotopic (exact) mass is 368 g/mol. The Kier molecular flexibility index (Phi) is 5.78. The van der Waals surface area contributed by atoms with Gasteiger partial charge in [0.25, 0.3) is 0 Å². The number of anilines is 2. The van der Waals surface area contributed by atoms with Gasteiger partial charge in [-0.1, -0.05) is 13.8 Å². The molecule has 0 spiro atoms. The number of nitrogens with zero attached hydrogens (tertiary/aromatic N) is 2. The fraction of sp³-hybridized carbons (Fsp3) is 0.765. The highest BCUT2D eigenvalue weighted by Crippen LogP contribution is 2.24. The summed E-state index contributed by atoms with van der Waals surface area (Å²) in [6.07, 6.45) is 5.41. The summed E-state index contributed by atoms with van der Waals surface area (Å²) < 4.78 is 29.7. The third-order valence-electron chi connectivity index (χ3n) is 4.96. The molecule has 0 saturated carbocycles. The van der Waals surface area contributed by atoms with E-state index in [2.05, 4.69) is 34.4 Å². The van der Waals surface area contributed by atoms with Crippen LogP contribution in [0.5, 0.6) is 0 Å². The number of rotatable bonds is 6. The molecular formula is C17H28N4O3S. The van der Waals surface area contributed by atoms with Crippen LogP contribution in [0.4, 0.5) is 11.8 Å². The van der Waals surface area contributed by atoms with Crippen LogP contribution in [0.1, 0.15) is 39.5 Å². The van der Waals surface area contributed by atoms with E-state index in [1.165, 1.54) is 0 Å². The van der Waals surface area contributed by atoms with Gasteiger partial charge >= 0.3 is 0 Å². The van der Waals surface area contributed by atoms with Crippen LogP contribution in [0.25, 0.3) is 0 Å². The lowest BCUT2D eigenvalue weighted by Gasteiger charge is -2.35. The standard InChI is InChI=1S/C17H28N4O3S/c1-12(2)16-14(6-3-9-24-16)20-15-7-8-18-17(21-15)19-11-13-5-4-10-25(13,22)23/h7-8,12-14,16H,3-6,9-11H2,1-2H3,(H2,18,19,20,21)/t13-,14+,16-/m0/s1. The zero-order valence-electron chi connectivity index (χ0n) is 14.9. The van der Waals surface area contributed by atoms with Crippen LogP contribution in [0.2, 0.25) is 0 Å². The Hall–Kier alpha value is -1.41. The first-order valence-corrected chi connectivity index (χ1v) is 10.8. The molecule has 2 saturated heterocycles. The number of sulfone groups is 1. The minimum Gasteiger partial charge on any atom is -0.376 e. The van der Waals surface area contributed by atoms with E-state index in [1.807, 2.05) is 6.07 Å². The molecule has 3 heterocycles. The van der Waals surface area contributed by atoms with E-state index in [1.54, 1.807) is 6.20 Å². The first-order valence-electron chi connectivity index (χ1n) is 9.12. The maximum absolute atomic E-state index is 11.9. The molecule has 3 rings (SSSR count). The van der Waals surface area contributed by atoms with Crippen molar-refractivity contribution in [2.75, 3.05) is 29.5 Å². The van der Waals surface area contributed by atoms with Gasteiger partial charge in [-0.2, -0.15) is 4.98 Å². The highest BCUT2D eigenvalue weighted by Gasteiger charge is 2.31. The molecule has 0 aliphatic carbocycles. The van der Waals surface area contributed by atoms with Gasteiger partial charge in [0.1, 0.15) is 5.82 Å². The molecule has 3 atom stereocenters. The van der Waals surface area contributed by atoms with Crippen LogP contribution >= 0.6 is 0 Å². The van der Waals surface area contributed by atoms with Crippen molar-refractivity contribution in [2.45, 2.75) is 56.9 Å². The number of aromatic nitrogens is 2. The van der Waals surface area contributed by atoms with E-state index < -0.39 is 9.84 Å². The fourth-order valence-electron chi connectivity index (χ4n) is 3.62. The van der Waals surface area contributed by atoms with Gasteiger partial charge in [-0.3, -0.25) is 0 Å². The molecule has 1 aromatic rings. The Morgan fingerprint density at radius 3 is 2.88 bits per heavy atom. The molecule has 1 aromatic heterocycles. The van der Waals surface area contributed by atoms with E-state index in [0.717, 1.165) is 31.7 Å². The topological polar surface area (TPSA) is 93.2 Å². The summed E-state index contributed by atoms with van der Waals surface area (Å²) in [5.74, 6) is 1.93. The summed E-state index contributed by atoms with van der Waals surface area (Å²) in [6, 6.07) is 2.07. The predicted octanol–water partition coefficient (Wildman–Crippen LogP) is 2.08. The van der Waals surface area contributed by atoms with E-state index in [4.69, 9.17) is 4.74 Å². The maximum atomic E-state index is 11.9. The first kappa shape index (κ1) is 18.4. The molecule has 25 heavy (non-hydrogen) atoms.